The highest BCUT2D eigenvalue weighted by Crippen LogP contribution is 2.37. The van der Waals surface area contributed by atoms with Crippen molar-refractivity contribution in [1.29, 1.82) is 0 Å². The van der Waals surface area contributed by atoms with E-state index in [9.17, 15) is 19.2 Å². The molecule has 10 heteroatoms. The number of amides is 1. The van der Waals surface area contributed by atoms with Crippen molar-refractivity contribution in [3.63, 3.8) is 0 Å². The Kier molecular flexibility index (Phi) is 6.72. The van der Waals surface area contributed by atoms with Gasteiger partial charge >= 0.3 is 11.9 Å². The fourth-order valence-electron chi connectivity index (χ4n) is 2.82. The van der Waals surface area contributed by atoms with Crippen molar-refractivity contribution in [1.82, 2.24) is 5.32 Å². The second kappa shape index (κ2) is 8.30. The van der Waals surface area contributed by atoms with Crippen LogP contribution in [0.5, 0.6) is 0 Å². The van der Waals surface area contributed by atoms with E-state index in [-0.39, 0.29) is 31.8 Å². The van der Waals surface area contributed by atoms with E-state index in [1.807, 2.05) is 0 Å². The molecule has 0 saturated heterocycles. The number of nitrogens with zero attached hydrogens (tertiary/aromatic N) is 3. The number of Topliss-reactive ketones (excluding diaryl/α,β-unsaturated/α-hetero) is 1. The number of carbonyl (C=O) groups is 4. The Morgan fingerprint density at radius 1 is 1.25 bits per heavy atom. The molecule has 2 atom stereocenters. The van der Waals surface area contributed by atoms with Crippen LogP contribution in [0.1, 0.15) is 33.6 Å². The maximum atomic E-state index is 12.6. The number of ether oxygens (including phenoxy) is 2. The van der Waals surface area contributed by atoms with Crippen LogP contribution in [-0.2, 0) is 28.7 Å². The van der Waals surface area contributed by atoms with Gasteiger partial charge in [0.05, 0.1) is 19.3 Å². The van der Waals surface area contributed by atoms with E-state index in [4.69, 9.17) is 15.0 Å². The quantitative estimate of drug-likeness (QED) is 0.236. The van der Waals surface area contributed by atoms with Crippen molar-refractivity contribution in [2.24, 2.45) is 11.0 Å². The molecule has 132 valence electrons. The van der Waals surface area contributed by atoms with E-state index in [1.165, 1.54) is 13.8 Å². The zero-order valence-electron chi connectivity index (χ0n) is 13.8. The second-order valence-electron chi connectivity index (χ2n) is 5.26. The molecule has 0 bridgehead atoms. The first-order valence-corrected chi connectivity index (χ1v) is 7.52. The molecule has 0 unspecified atom stereocenters. The molecule has 1 aliphatic rings. The molecule has 0 heterocycles. The summed E-state index contributed by atoms with van der Waals surface area (Å²) in [4.78, 5) is 51.3. The van der Waals surface area contributed by atoms with E-state index in [1.54, 1.807) is 0 Å². The molecule has 0 aromatic rings. The topological polar surface area (TPSA) is 148 Å². The van der Waals surface area contributed by atoms with Crippen LogP contribution in [-0.4, -0.2) is 48.4 Å². The monoisotopic (exact) mass is 340 g/mol. The normalized spacial score (nSPS) is 20.0. The summed E-state index contributed by atoms with van der Waals surface area (Å²) in [6, 6.07) is -0.969. The first-order valence-electron chi connectivity index (χ1n) is 7.52. The van der Waals surface area contributed by atoms with Gasteiger partial charge in [0.1, 0.15) is 5.78 Å². The molecule has 1 amide bonds. The lowest BCUT2D eigenvalue weighted by Crippen LogP contribution is -2.66. The average Bonchev–Trinajstić information content (AvgIpc) is 2.86. The zero-order chi connectivity index (χ0) is 18.3. The van der Waals surface area contributed by atoms with Crippen molar-refractivity contribution < 1.29 is 28.7 Å². The molecule has 10 nitrogen and oxygen atoms in total. The van der Waals surface area contributed by atoms with Crippen LogP contribution in [0.4, 0.5) is 0 Å². The van der Waals surface area contributed by atoms with Gasteiger partial charge in [0.15, 0.2) is 0 Å². The highest BCUT2D eigenvalue weighted by molar-refractivity contribution is 6.09. The van der Waals surface area contributed by atoms with Gasteiger partial charge in [-0.2, -0.15) is 0 Å². The van der Waals surface area contributed by atoms with Gasteiger partial charge in [0.2, 0.25) is 11.4 Å². The first-order chi connectivity index (χ1) is 11.3. The van der Waals surface area contributed by atoms with Gasteiger partial charge in [-0.15, -0.1) is 0 Å². The number of esters is 2. The zero-order valence-corrected chi connectivity index (χ0v) is 13.8. The SMILES string of the molecule is CCOC(=O)C(NC(C)=O)(C(=O)OCC)[C@@H]1CC(=O)C[C@H]1N=[N+]=[N-]. The van der Waals surface area contributed by atoms with E-state index in [0.717, 1.165) is 6.92 Å². The molecule has 0 aromatic heterocycles. The molecule has 1 rings (SSSR count). The molecule has 1 aliphatic carbocycles. The predicted molar refractivity (Wildman–Crippen MR) is 80.5 cm³/mol. The minimum absolute atomic E-state index is 0.0492. The molecule has 1 fully saturated rings. The van der Waals surface area contributed by atoms with Gasteiger partial charge in [0.25, 0.3) is 0 Å². The number of hydrogen-bond donors (Lipinski definition) is 1. The average molecular weight is 340 g/mol. The van der Waals surface area contributed by atoms with Gasteiger partial charge < -0.3 is 14.8 Å². The summed E-state index contributed by atoms with van der Waals surface area (Å²) in [5.74, 6) is -4.15. The lowest BCUT2D eigenvalue weighted by Gasteiger charge is -2.36. The smallest absolute Gasteiger partial charge is 0.344 e. The van der Waals surface area contributed by atoms with Crippen molar-refractivity contribution in [3.05, 3.63) is 10.4 Å². The molecule has 24 heavy (non-hydrogen) atoms. The maximum Gasteiger partial charge on any atom is 0.344 e. The highest BCUT2D eigenvalue weighted by Gasteiger charge is 2.60. The Balaban J connectivity index is 3.49. The van der Waals surface area contributed by atoms with Gasteiger partial charge in [-0.05, 0) is 19.4 Å². The van der Waals surface area contributed by atoms with Gasteiger partial charge in [-0.1, -0.05) is 5.11 Å². The first kappa shape index (κ1) is 19.4. The van der Waals surface area contributed by atoms with Gasteiger partial charge in [0, 0.05) is 30.6 Å². The Morgan fingerprint density at radius 2 is 1.79 bits per heavy atom. The maximum absolute atomic E-state index is 12.6. The lowest BCUT2D eigenvalue weighted by atomic mass is 9.80. The number of nitrogens with one attached hydrogen (secondary N) is 1. The van der Waals surface area contributed by atoms with E-state index < -0.39 is 35.3 Å². The number of hydrogen-bond acceptors (Lipinski definition) is 7. The summed E-state index contributed by atoms with van der Waals surface area (Å²) in [5.41, 5.74) is 6.46. The van der Waals surface area contributed by atoms with Crippen LogP contribution in [0.25, 0.3) is 10.4 Å². The van der Waals surface area contributed by atoms with Crippen LogP contribution < -0.4 is 5.32 Å². The molecule has 1 N–H and O–H groups in total. The summed E-state index contributed by atoms with van der Waals surface area (Å²) >= 11 is 0. The van der Waals surface area contributed by atoms with Crippen LogP contribution in [0.2, 0.25) is 0 Å². The van der Waals surface area contributed by atoms with Gasteiger partial charge in [-0.3, -0.25) is 9.59 Å². The molecule has 1 saturated carbocycles. The third-order valence-electron chi connectivity index (χ3n) is 3.67. The largest absolute Gasteiger partial charge is 0.464 e. The van der Waals surface area contributed by atoms with Crippen molar-refractivity contribution in [3.8, 4) is 0 Å². The summed E-state index contributed by atoms with van der Waals surface area (Å²) in [6.45, 7) is 4.09. The summed E-state index contributed by atoms with van der Waals surface area (Å²) in [7, 11) is 0. The number of rotatable bonds is 7. The Hall–Kier alpha value is -2.61. The molecular formula is C14H20N4O6. The van der Waals surface area contributed by atoms with Gasteiger partial charge in [-0.25, -0.2) is 9.59 Å². The van der Waals surface area contributed by atoms with Crippen LogP contribution >= 0.6 is 0 Å². The van der Waals surface area contributed by atoms with Crippen LogP contribution in [0.15, 0.2) is 5.11 Å². The molecule has 0 radical (unpaired) electrons. The third-order valence-corrected chi connectivity index (χ3v) is 3.67. The summed E-state index contributed by atoms with van der Waals surface area (Å²) in [5, 5.41) is 5.80. The van der Waals surface area contributed by atoms with Crippen molar-refractivity contribution in [2.75, 3.05) is 13.2 Å². The fourth-order valence-corrected chi connectivity index (χ4v) is 2.82. The lowest BCUT2D eigenvalue weighted by molar-refractivity contribution is -0.172. The second-order valence-corrected chi connectivity index (χ2v) is 5.26. The molecular weight excluding hydrogens is 320 g/mol. The van der Waals surface area contributed by atoms with Crippen molar-refractivity contribution >= 4 is 23.6 Å². The standard InChI is InChI=1S/C14H20N4O6/c1-4-23-12(21)14(16-8(3)19,13(22)24-5-2)10-6-9(20)7-11(10)17-18-15/h10-11H,4-7H2,1-3H3,(H,16,19)/t10-,11-/m1/s1. The van der Waals surface area contributed by atoms with Crippen LogP contribution in [0, 0.1) is 5.92 Å². The van der Waals surface area contributed by atoms with Crippen molar-refractivity contribution in [2.45, 2.75) is 45.2 Å². The number of azide groups is 1. The Labute approximate surface area is 138 Å². The Morgan fingerprint density at radius 3 is 2.21 bits per heavy atom. The fraction of sp³-hybridized carbons (Fsp3) is 0.714. The minimum atomic E-state index is -2.23. The van der Waals surface area contributed by atoms with E-state index >= 15 is 0 Å². The molecule has 0 aromatic carbocycles. The molecule has 0 spiro atoms. The summed E-state index contributed by atoms with van der Waals surface area (Å²) in [6.07, 6.45) is -0.351. The van der Waals surface area contributed by atoms with E-state index in [2.05, 4.69) is 15.3 Å². The molecule has 0 aliphatic heterocycles. The highest BCUT2D eigenvalue weighted by atomic mass is 16.6. The Bertz CT molecular complexity index is 566. The summed E-state index contributed by atoms with van der Waals surface area (Å²) < 4.78 is 9.90. The minimum Gasteiger partial charge on any atom is -0.464 e. The number of carbonyl (C=O) groups excluding carboxylic acids is 4. The van der Waals surface area contributed by atoms with Crippen LogP contribution in [0.3, 0.4) is 0 Å². The predicted octanol–water partition coefficient (Wildman–Crippen LogP) is 0.645. The third kappa shape index (κ3) is 3.83. The van der Waals surface area contributed by atoms with E-state index in [0.29, 0.717) is 0 Å². The number of ketones is 1.